The van der Waals surface area contributed by atoms with Gasteiger partial charge >= 0.3 is 0 Å². The topological polar surface area (TPSA) is 18.5 Å². The molecule has 0 saturated carbocycles. The maximum atomic E-state index is 5.72. The van der Waals surface area contributed by atoms with Gasteiger partial charge in [0.15, 0.2) is 0 Å². The van der Waals surface area contributed by atoms with Crippen molar-refractivity contribution in [3.8, 4) is 0 Å². The molecule has 0 amide bonds. The molecular formula is C14H18O2. The molecule has 2 rings (SSSR count). The molecule has 1 atom stereocenters. The van der Waals surface area contributed by atoms with E-state index in [0.29, 0.717) is 5.92 Å². The van der Waals surface area contributed by atoms with E-state index < -0.39 is 0 Å². The molecule has 0 radical (unpaired) electrons. The molecule has 1 aliphatic rings. The van der Waals surface area contributed by atoms with E-state index in [1.165, 1.54) is 5.56 Å². The van der Waals surface area contributed by atoms with Crippen LogP contribution in [-0.4, -0.2) is 19.3 Å². The number of hydrogen-bond donors (Lipinski definition) is 0. The molecule has 16 heavy (non-hydrogen) atoms. The minimum absolute atomic E-state index is 0.243. The summed E-state index contributed by atoms with van der Waals surface area (Å²) in [6.07, 6.45) is 2.10. The molecule has 2 nitrogen and oxygen atoms in total. The highest BCUT2D eigenvalue weighted by Crippen LogP contribution is 2.19. The maximum absolute atomic E-state index is 5.72. The summed E-state index contributed by atoms with van der Waals surface area (Å²) in [6, 6.07) is 10.3. The highest BCUT2D eigenvalue weighted by molar-refractivity contribution is 5.62. The quantitative estimate of drug-likeness (QED) is 0.723. The van der Waals surface area contributed by atoms with Crippen molar-refractivity contribution in [2.75, 3.05) is 13.2 Å². The van der Waals surface area contributed by atoms with Gasteiger partial charge in [-0.05, 0) is 25.0 Å². The lowest BCUT2D eigenvalue weighted by Crippen LogP contribution is -2.36. The van der Waals surface area contributed by atoms with Gasteiger partial charge in [0, 0.05) is 5.92 Å². The molecule has 1 fully saturated rings. The lowest BCUT2D eigenvalue weighted by Gasteiger charge is -2.30. The van der Waals surface area contributed by atoms with Crippen molar-refractivity contribution in [3.63, 3.8) is 0 Å². The van der Waals surface area contributed by atoms with E-state index in [2.05, 4.69) is 26.0 Å². The Kier molecular flexibility index (Phi) is 3.62. The zero-order valence-electron chi connectivity index (χ0n) is 9.85. The van der Waals surface area contributed by atoms with Crippen molar-refractivity contribution in [3.05, 3.63) is 42.2 Å². The Morgan fingerprint density at radius 1 is 1.38 bits per heavy atom. The summed E-state index contributed by atoms with van der Waals surface area (Å²) < 4.78 is 10.9. The van der Waals surface area contributed by atoms with E-state index in [9.17, 15) is 0 Å². The minimum Gasteiger partial charge on any atom is -0.498 e. The van der Waals surface area contributed by atoms with E-state index in [1.54, 1.807) is 0 Å². The van der Waals surface area contributed by atoms with Crippen molar-refractivity contribution in [1.29, 1.82) is 0 Å². The first-order valence-electron chi connectivity index (χ1n) is 5.73. The fourth-order valence-electron chi connectivity index (χ4n) is 1.61. The third-order valence-corrected chi connectivity index (χ3v) is 3.02. The van der Waals surface area contributed by atoms with Gasteiger partial charge in [0.1, 0.15) is 6.10 Å². The zero-order chi connectivity index (χ0) is 11.4. The molecule has 1 aliphatic heterocycles. The number of allylic oxidation sites excluding steroid dienone is 1. The molecule has 1 aromatic rings. The lowest BCUT2D eigenvalue weighted by atomic mass is 10.0. The van der Waals surface area contributed by atoms with Crippen molar-refractivity contribution in [2.45, 2.75) is 20.0 Å². The molecule has 0 bridgehead atoms. The zero-order valence-corrected chi connectivity index (χ0v) is 9.85. The Morgan fingerprint density at radius 2 is 2.06 bits per heavy atom. The summed E-state index contributed by atoms with van der Waals surface area (Å²) in [4.78, 5) is 0. The van der Waals surface area contributed by atoms with Crippen LogP contribution in [0.25, 0.3) is 5.57 Å². The Morgan fingerprint density at radius 3 is 2.62 bits per heavy atom. The van der Waals surface area contributed by atoms with E-state index >= 15 is 0 Å². The predicted molar refractivity (Wildman–Crippen MR) is 64.9 cm³/mol. The first-order chi connectivity index (χ1) is 7.77. The number of hydrogen-bond acceptors (Lipinski definition) is 2. The monoisotopic (exact) mass is 218 g/mol. The van der Waals surface area contributed by atoms with Crippen molar-refractivity contribution < 1.29 is 9.47 Å². The second kappa shape index (κ2) is 5.17. The van der Waals surface area contributed by atoms with Crippen LogP contribution in [0.3, 0.4) is 0 Å². The predicted octanol–water partition coefficient (Wildman–Crippen LogP) is 3.10. The Bertz CT molecular complexity index is 352. The third kappa shape index (κ3) is 2.64. The summed E-state index contributed by atoms with van der Waals surface area (Å²) in [7, 11) is 0. The van der Waals surface area contributed by atoms with Crippen LogP contribution in [0.2, 0.25) is 0 Å². The van der Waals surface area contributed by atoms with Gasteiger partial charge in [-0.3, -0.25) is 0 Å². The summed E-state index contributed by atoms with van der Waals surface area (Å²) >= 11 is 0. The molecule has 0 aliphatic carbocycles. The third-order valence-electron chi connectivity index (χ3n) is 3.02. The van der Waals surface area contributed by atoms with E-state index in [1.807, 2.05) is 24.5 Å². The second-order valence-corrected chi connectivity index (χ2v) is 4.31. The molecule has 1 unspecified atom stereocenters. The van der Waals surface area contributed by atoms with Crippen LogP contribution >= 0.6 is 0 Å². The van der Waals surface area contributed by atoms with Gasteiger partial charge in [-0.1, -0.05) is 30.3 Å². The molecule has 86 valence electrons. The summed E-state index contributed by atoms with van der Waals surface area (Å²) in [5.41, 5.74) is 2.37. The van der Waals surface area contributed by atoms with Gasteiger partial charge in [-0.2, -0.15) is 0 Å². The smallest absolute Gasteiger partial charge is 0.102 e. The Balaban J connectivity index is 1.91. The first kappa shape index (κ1) is 11.2. The Labute approximate surface area is 96.9 Å². The molecule has 2 heteroatoms. The van der Waals surface area contributed by atoms with Crippen LogP contribution in [0.1, 0.15) is 19.4 Å². The largest absolute Gasteiger partial charge is 0.498 e. The first-order valence-corrected chi connectivity index (χ1v) is 5.73. The normalized spacial score (nSPS) is 19.0. The molecule has 1 aromatic carbocycles. The lowest BCUT2D eigenvalue weighted by molar-refractivity contribution is -0.0881. The molecule has 0 aromatic heterocycles. The van der Waals surface area contributed by atoms with Crippen LogP contribution in [0, 0.1) is 5.92 Å². The number of ether oxygens (including phenoxy) is 2. The van der Waals surface area contributed by atoms with Crippen LogP contribution in [-0.2, 0) is 9.47 Å². The average molecular weight is 218 g/mol. The van der Waals surface area contributed by atoms with Crippen LogP contribution in [0.5, 0.6) is 0 Å². The van der Waals surface area contributed by atoms with Crippen LogP contribution < -0.4 is 0 Å². The van der Waals surface area contributed by atoms with Crippen LogP contribution in [0.4, 0.5) is 0 Å². The van der Waals surface area contributed by atoms with Gasteiger partial charge in [-0.25, -0.2) is 0 Å². The highest BCUT2D eigenvalue weighted by Gasteiger charge is 2.25. The van der Waals surface area contributed by atoms with Crippen LogP contribution in [0.15, 0.2) is 36.6 Å². The van der Waals surface area contributed by atoms with Gasteiger partial charge in [0.2, 0.25) is 0 Å². The standard InChI is InChI=1S/C14H18O2/c1-11(13-6-4-3-5-7-13)8-16-12(2)14-9-15-10-14/h3-8,12,14H,9-10H2,1-2H3/b11-8-. The van der Waals surface area contributed by atoms with Crippen molar-refractivity contribution in [1.82, 2.24) is 0 Å². The molecule has 1 saturated heterocycles. The van der Waals surface area contributed by atoms with Gasteiger partial charge in [0.05, 0.1) is 19.5 Å². The highest BCUT2D eigenvalue weighted by atomic mass is 16.5. The SMILES string of the molecule is C/C(=C/OC(C)C1COC1)c1ccccc1. The average Bonchev–Trinajstić information content (AvgIpc) is 2.25. The van der Waals surface area contributed by atoms with Crippen molar-refractivity contribution in [2.24, 2.45) is 5.92 Å². The molecule has 0 N–H and O–H groups in total. The minimum atomic E-state index is 0.243. The van der Waals surface area contributed by atoms with E-state index in [0.717, 1.165) is 18.8 Å². The Hall–Kier alpha value is -1.28. The summed E-state index contributed by atoms with van der Waals surface area (Å²) in [6.45, 7) is 5.83. The van der Waals surface area contributed by atoms with Gasteiger partial charge < -0.3 is 9.47 Å². The molecular weight excluding hydrogens is 200 g/mol. The fourth-order valence-corrected chi connectivity index (χ4v) is 1.61. The number of rotatable bonds is 4. The van der Waals surface area contributed by atoms with E-state index in [4.69, 9.17) is 9.47 Å². The molecule has 0 spiro atoms. The molecule has 1 heterocycles. The van der Waals surface area contributed by atoms with Gasteiger partial charge in [0.25, 0.3) is 0 Å². The summed E-state index contributed by atoms with van der Waals surface area (Å²) in [5, 5.41) is 0. The van der Waals surface area contributed by atoms with Gasteiger partial charge in [-0.15, -0.1) is 0 Å². The van der Waals surface area contributed by atoms with Crippen molar-refractivity contribution >= 4 is 5.57 Å². The fraction of sp³-hybridized carbons (Fsp3) is 0.429. The summed E-state index contributed by atoms with van der Waals surface area (Å²) in [5.74, 6) is 0.555. The second-order valence-electron chi connectivity index (χ2n) is 4.31. The number of benzene rings is 1. The maximum Gasteiger partial charge on any atom is 0.102 e. The van der Waals surface area contributed by atoms with E-state index in [-0.39, 0.29) is 6.10 Å².